The van der Waals surface area contributed by atoms with Gasteiger partial charge in [-0.2, -0.15) is 0 Å². The maximum atomic E-state index is 12.4. The third-order valence-electron chi connectivity index (χ3n) is 4.17. The topological polar surface area (TPSA) is 66.5 Å². The monoisotopic (exact) mass is 394 g/mol. The number of benzene rings is 2. The number of sulfonamides is 1. The van der Waals surface area contributed by atoms with Crippen LogP contribution in [0.25, 0.3) is 0 Å². The summed E-state index contributed by atoms with van der Waals surface area (Å²) in [6.07, 6.45) is 2.67. The molecule has 1 N–H and O–H groups in total. The van der Waals surface area contributed by atoms with Gasteiger partial charge in [0.05, 0.1) is 11.9 Å². The number of hydrogen-bond donors (Lipinski definition) is 1. The number of carbonyl (C=O) groups is 1. The van der Waals surface area contributed by atoms with E-state index in [0.29, 0.717) is 17.8 Å². The van der Waals surface area contributed by atoms with E-state index in [1.807, 2.05) is 31.2 Å². The Labute approximate surface area is 160 Å². The van der Waals surface area contributed by atoms with Crippen molar-refractivity contribution in [3.05, 3.63) is 64.2 Å². The molecule has 26 heavy (non-hydrogen) atoms. The molecule has 0 spiro atoms. The second-order valence-corrected chi connectivity index (χ2v) is 8.60. The summed E-state index contributed by atoms with van der Waals surface area (Å²) in [5.74, 6) is -0.229. The molecule has 2 rings (SSSR count). The molecular formula is C19H23ClN2O3S. The Bertz CT molecular complexity index is 897. The molecule has 0 aromatic heterocycles. The fourth-order valence-electron chi connectivity index (χ4n) is 2.55. The molecule has 140 valence electrons. The van der Waals surface area contributed by atoms with Crippen LogP contribution in [0.1, 0.15) is 27.9 Å². The van der Waals surface area contributed by atoms with E-state index in [0.717, 1.165) is 35.2 Å². The standard InChI is InChI=1S/C19H23ClN2O3S/c1-14-10-11-16(13-18(14)22(2)26(3,24)25)19(23)21-12-6-8-15-7-4-5-9-17(15)20/h4-5,7,9-11,13H,6,8,12H2,1-3H3,(H,21,23). The van der Waals surface area contributed by atoms with Crippen molar-refractivity contribution < 1.29 is 13.2 Å². The zero-order valence-electron chi connectivity index (χ0n) is 15.1. The summed E-state index contributed by atoms with van der Waals surface area (Å²) in [4.78, 5) is 12.4. The first-order valence-electron chi connectivity index (χ1n) is 8.26. The molecule has 0 aliphatic carbocycles. The van der Waals surface area contributed by atoms with Crippen LogP contribution in [-0.2, 0) is 16.4 Å². The lowest BCUT2D eigenvalue weighted by molar-refractivity contribution is 0.0953. The van der Waals surface area contributed by atoms with Gasteiger partial charge in [0.1, 0.15) is 0 Å². The lowest BCUT2D eigenvalue weighted by atomic mass is 10.1. The molecule has 2 aromatic rings. The van der Waals surface area contributed by atoms with Gasteiger partial charge in [0.2, 0.25) is 10.0 Å². The molecule has 2 aromatic carbocycles. The highest BCUT2D eigenvalue weighted by Gasteiger charge is 2.16. The van der Waals surface area contributed by atoms with Crippen LogP contribution in [0.3, 0.4) is 0 Å². The minimum Gasteiger partial charge on any atom is -0.352 e. The molecule has 0 saturated carbocycles. The molecule has 0 fully saturated rings. The van der Waals surface area contributed by atoms with Gasteiger partial charge in [-0.15, -0.1) is 0 Å². The minimum atomic E-state index is -3.39. The molecule has 0 aliphatic heterocycles. The SMILES string of the molecule is Cc1ccc(C(=O)NCCCc2ccccc2Cl)cc1N(C)S(C)(=O)=O. The number of nitrogens with one attached hydrogen (secondary N) is 1. The van der Waals surface area contributed by atoms with E-state index < -0.39 is 10.0 Å². The molecular weight excluding hydrogens is 372 g/mol. The number of anilines is 1. The molecule has 1 amide bonds. The third-order valence-corrected chi connectivity index (χ3v) is 5.73. The average molecular weight is 395 g/mol. The summed E-state index contributed by atoms with van der Waals surface area (Å²) < 4.78 is 24.7. The average Bonchev–Trinajstić information content (AvgIpc) is 2.59. The number of carbonyl (C=O) groups excluding carboxylic acids is 1. The zero-order valence-corrected chi connectivity index (χ0v) is 16.7. The summed E-state index contributed by atoms with van der Waals surface area (Å²) in [5, 5.41) is 3.59. The molecule has 0 bridgehead atoms. The maximum absolute atomic E-state index is 12.4. The van der Waals surface area contributed by atoms with Gasteiger partial charge >= 0.3 is 0 Å². The Hall–Kier alpha value is -2.05. The van der Waals surface area contributed by atoms with Crippen molar-refractivity contribution in [2.45, 2.75) is 19.8 Å². The van der Waals surface area contributed by atoms with E-state index in [9.17, 15) is 13.2 Å². The maximum Gasteiger partial charge on any atom is 0.251 e. The highest BCUT2D eigenvalue weighted by molar-refractivity contribution is 7.92. The van der Waals surface area contributed by atoms with Crippen LogP contribution < -0.4 is 9.62 Å². The minimum absolute atomic E-state index is 0.229. The highest BCUT2D eigenvalue weighted by atomic mass is 35.5. The number of amides is 1. The first-order chi connectivity index (χ1) is 12.2. The lowest BCUT2D eigenvalue weighted by Gasteiger charge is -2.19. The summed E-state index contributed by atoms with van der Waals surface area (Å²) in [6.45, 7) is 2.32. The quantitative estimate of drug-likeness (QED) is 0.732. The lowest BCUT2D eigenvalue weighted by Crippen LogP contribution is -2.27. The Kier molecular flexibility index (Phi) is 6.67. The van der Waals surface area contributed by atoms with Crippen molar-refractivity contribution in [1.29, 1.82) is 0 Å². The molecule has 0 heterocycles. The summed E-state index contributed by atoms with van der Waals surface area (Å²) in [5.41, 5.74) is 2.76. The van der Waals surface area contributed by atoms with Crippen LogP contribution in [0.4, 0.5) is 5.69 Å². The second-order valence-electron chi connectivity index (χ2n) is 6.18. The summed E-state index contributed by atoms with van der Waals surface area (Å²) in [7, 11) is -1.91. The number of aryl methyl sites for hydroxylation is 2. The van der Waals surface area contributed by atoms with E-state index in [4.69, 9.17) is 11.6 Å². The molecule has 0 aliphatic rings. The molecule has 5 nitrogen and oxygen atoms in total. The van der Waals surface area contributed by atoms with Gasteiger partial charge in [0.25, 0.3) is 5.91 Å². The Morgan fingerprint density at radius 3 is 2.54 bits per heavy atom. The van der Waals surface area contributed by atoms with Gasteiger partial charge in [-0.1, -0.05) is 35.9 Å². The smallest absolute Gasteiger partial charge is 0.251 e. The van der Waals surface area contributed by atoms with Crippen molar-refractivity contribution >= 4 is 33.2 Å². The normalized spacial score (nSPS) is 11.2. The van der Waals surface area contributed by atoms with Crippen molar-refractivity contribution in [3.8, 4) is 0 Å². The Morgan fingerprint density at radius 2 is 1.88 bits per heavy atom. The van der Waals surface area contributed by atoms with E-state index >= 15 is 0 Å². The predicted octanol–water partition coefficient (Wildman–Crippen LogP) is 3.41. The summed E-state index contributed by atoms with van der Waals surface area (Å²) >= 11 is 6.12. The van der Waals surface area contributed by atoms with Crippen molar-refractivity contribution in [1.82, 2.24) is 5.32 Å². The first kappa shape index (κ1) is 20.3. The van der Waals surface area contributed by atoms with Gasteiger partial charge in [-0.25, -0.2) is 8.42 Å². The number of rotatable bonds is 7. The zero-order chi connectivity index (χ0) is 19.3. The number of nitrogens with zero attached hydrogens (tertiary/aromatic N) is 1. The van der Waals surface area contributed by atoms with Crippen molar-refractivity contribution in [3.63, 3.8) is 0 Å². The largest absolute Gasteiger partial charge is 0.352 e. The number of halogens is 1. The van der Waals surface area contributed by atoms with Crippen LogP contribution in [0, 0.1) is 6.92 Å². The van der Waals surface area contributed by atoms with Crippen LogP contribution in [0.15, 0.2) is 42.5 Å². The van der Waals surface area contributed by atoms with Crippen molar-refractivity contribution in [2.75, 3.05) is 24.2 Å². The van der Waals surface area contributed by atoms with E-state index in [-0.39, 0.29) is 5.91 Å². The van der Waals surface area contributed by atoms with Gasteiger partial charge in [-0.3, -0.25) is 9.10 Å². The molecule has 0 radical (unpaired) electrons. The molecule has 0 atom stereocenters. The highest BCUT2D eigenvalue weighted by Crippen LogP contribution is 2.22. The van der Waals surface area contributed by atoms with E-state index in [1.165, 1.54) is 11.4 Å². The fourth-order valence-corrected chi connectivity index (χ4v) is 3.34. The predicted molar refractivity (Wildman–Crippen MR) is 107 cm³/mol. The first-order valence-corrected chi connectivity index (χ1v) is 10.5. The van der Waals surface area contributed by atoms with Gasteiger partial charge < -0.3 is 5.32 Å². The van der Waals surface area contributed by atoms with Gasteiger partial charge in [0, 0.05) is 24.2 Å². The van der Waals surface area contributed by atoms with Crippen LogP contribution in [0.5, 0.6) is 0 Å². The van der Waals surface area contributed by atoms with Crippen molar-refractivity contribution in [2.24, 2.45) is 0 Å². The number of hydrogen-bond acceptors (Lipinski definition) is 3. The van der Waals surface area contributed by atoms with Crippen LogP contribution >= 0.6 is 11.6 Å². The third kappa shape index (κ3) is 5.22. The molecule has 0 saturated heterocycles. The second kappa shape index (κ2) is 8.56. The summed E-state index contributed by atoms with van der Waals surface area (Å²) in [6, 6.07) is 12.7. The van der Waals surface area contributed by atoms with E-state index in [1.54, 1.807) is 18.2 Å². The van der Waals surface area contributed by atoms with E-state index in [2.05, 4.69) is 5.32 Å². The molecule has 0 unspecified atom stereocenters. The molecule has 7 heteroatoms. The van der Waals surface area contributed by atoms with Gasteiger partial charge in [-0.05, 0) is 49.1 Å². The fraction of sp³-hybridized carbons (Fsp3) is 0.316. The van der Waals surface area contributed by atoms with Gasteiger partial charge in [0.15, 0.2) is 0 Å². The Morgan fingerprint density at radius 1 is 1.19 bits per heavy atom. The van der Waals surface area contributed by atoms with Crippen LogP contribution in [-0.4, -0.2) is 34.2 Å². The van der Waals surface area contributed by atoms with Crippen LogP contribution in [0.2, 0.25) is 5.02 Å². The Balaban J connectivity index is 1.98.